The maximum absolute atomic E-state index is 11.0. The SMILES string of the molecule is O=[N+]([O-])c1cc2c(N3CCC4(CCNC4)C3)ncnc2s1. The summed E-state index contributed by atoms with van der Waals surface area (Å²) in [5, 5.41) is 15.3. The maximum Gasteiger partial charge on any atom is 0.326 e. The van der Waals surface area contributed by atoms with Gasteiger partial charge in [-0.3, -0.25) is 10.1 Å². The van der Waals surface area contributed by atoms with Crippen LogP contribution in [0.4, 0.5) is 10.8 Å². The molecule has 110 valence electrons. The largest absolute Gasteiger partial charge is 0.355 e. The van der Waals surface area contributed by atoms with E-state index in [9.17, 15) is 10.1 Å². The van der Waals surface area contributed by atoms with E-state index >= 15 is 0 Å². The summed E-state index contributed by atoms with van der Waals surface area (Å²) in [6, 6.07) is 1.60. The number of nitrogens with one attached hydrogen (secondary N) is 1. The topological polar surface area (TPSA) is 84.2 Å². The molecular formula is C13H15N5O2S. The summed E-state index contributed by atoms with van der Waals surface area (Å²) in [6.07, 6.45) is 3.86. The summed E-state index contributed by atoms with van der Waals surface area (Å²) in [4.78, 5) is 22.1. The number of anilines is 1. The predicted molar refractivity (Wildman–Crippen MR) is 80.8 cm³/mol. The van der Waals surface area contributed by atoms with E-state index < -0.39 is 0 Å². The summed E-state index contributed by atoms with van der Waals surface area (Å²) in [6.45, 7) is 4.06. The average molecular weight is 305 g/mol. The second-order valence-electron chi connectivity index (χ2n) is 5.86. The molecular weight excluding hydrogens is 290 g/mol. The molecule has 2 aromatic rings. The molecule has 1 atom stereocenters. The first kappa shape index (κ1) is 12.9. The van der Waals surface area contributed by atoms with Crippen LogP contribution in [0.1, 0.15) is 12.8 Å². The Kier molecular flexibility index (Phi) is 2.83. The molecule has 2 saturated heterocycles. The first-order valence-corrected chi connectivity index (χ1v) is 7.83. The van der Waals surface area contributed by atoms with Gasteiger partial charge < -0.3 is 10.2 Å². The van der Waals surface area contributed by atoms with Gasteiger partial charge in [-0.15, -0.1) is 0 Å². The van der Waals surface area contributed by atoms with Crippen molar-refractivity contribution in [1.82, 2.24) is 15.3 Å². The van der Waals surface area contributed by atoms with Crippen molar-refractivity contribution in [1.29, 1.82) is 0 Å². The number of nitro groups is 1. The second kappa shape index (κ2) is 4.60. The van der Waals surface area contributed by atoms with Crippen molar-refractivity contribution in [3.8, 4) is 0 Å². The highest BCUT2D eigenvalue weighted by molar-refractivity contribution is 7.21. The Morgan fingerprint density at radius 1 is 1.43 bits per heavy atom. The standard InChI is InChI=1S/C13H15N5O2S/c19-18(20)10-5-9-11(15-8-16-12(9)21-10)17-4-2-13(7-17)1-3-14-6-13/h5,8,14H,1-4,6-7H2. The minimum Gasteiger partial charge on any atom is -0.355 e. The van der Waals surface area contributed by atoms with E-state index in [1.807, 2.05) is 0 Å². The Bertz CT molecular complexity index is 710. The zero-order valence-corrected chi connectivity index (χ0v) is 12.2. The Labute approximate surface area is 125 Å². The predicted octanol–water partition coefficient (Wildman–Crippen LogP) is 1.79. The number of rotatable bonds is 2. The van der Waals surface area contributed by atoms with Gasteiger partial charge in [-0.25, -0.2) is 9.97 Å². The minimum atomic E-state index is -0.359. The highest BCUT2D eigenvalue weighted by Crippen LogP contribution is 2.41. The molecule has 0 amide bonds. The molecule has 2 aromatic heterocycles. The van der Waals surface area contributed by atoms with Gasteiger partial charge in [-0.1, -0.05) is 0 Å². The summed E-state index contributed by atoms with van der Waals surface area (Å²) in [5.41, 5.74) is 0.346. The van der Waals surface area contributed by atoms with Crippen LogP contribution in [-0.4, -0.2) is 41.1 Å². The molecule has 0 saturated carbocycles. The van der Waals surface area contributed by atoms with Crippen LogP contribution in [0.2, 0.25) is 0 Å². The third kappa shape index (κ3) is 2.06. The Balaban J connectivity index is 1.72. The molecule has 1 N–H and O–H groups in total. The Morgan fingerprint density at radius 3 is 3.10 bits per heavy atom. The number of fused-ring (bicyclic) bond motifs is 1. The molecule has 0 radical (unpaired) electrons. The highest BCUT2D eigenvalue weighted by atomic mass is 32.1. The van der Waals surface area contributed by atoms with E-state index in [-0.39, 0.29) is 9.92 Å². The van der Waals surface area contributed by atoms with Crippen LogP contribution in [0.25, 0.3) is 10.2 Å². The van der Waals surface area contributed by atoms with Gasteiger partial charge in [0, 0.05) is 31.1 Å². The lowest BCUT2D eigenvalue weighted by molar-refractivity contribution is -0.380. The van der Waals surface area contributed by atoms with Gasteiger partial charge in [0.1, 0.15) is 17.0 Å². The number of hydrogen-bond donors (Lipinski definition) is 1. The van der Waals surface area contributed by atoms with Crippen molar-refractivity contribution in [2.75, 3.05) is 31.1 Å². The van der Waals surface area contributed by atoms with Crippen LogP contribution >= 0.6 is 11.3 Å². The normalized spacial score (nSPS) is 25.2. The molecule has 1 unspecified atom stereocenters. The summed E-state index contributed by atoms with van der Waals surface area (Å²) < 4.78 is 0. The zero-order valence-electron chi connectivity index (χ0n) is 11.4. The number of thiophene rings is 1. The molecule has 8 heteroatoms. The van der Waals surface area contributed by atoms with Gasteiger partial charge in [-0.2, -0.15) is 0 Å². The van der Waals surface area contributed by atoms with Crippen LogP contribution in [0.15, 0.2) is 12.4 Å². The molecule has 2 aliphatic rings. The van der Waals surface area contributed by atoms with Crippen molar-refractivity contribution >= 4 is 32.4 Å². The van der Waals surface area contributed by atoms with E-state index in [2.05, 4.69) is 20.2 Å². The fraction of sp³-hybridized carbons (Fsp3) is 0.538. The molecule has 0 bridgehead atoms. The van der Waals surface area contributed by atoms with E-state index in [0.717, 1.165) is 55.1 Å². The summed E-state index contributed by atoms with van der Waals surface area (Å²) in [5.74, 6) is 0.841. The molecule has 4 rings (SSSR count). The van der Waals surface area contributed by atoms with E-state index in [1.165, 1.54) is 12.7 Å². The van der Waals surface area contributed by atoms with Gasteiger partial charge >= 0.3 is 5.00 Å². The molecule has 0 aliphatic carbocycles. The first-order chi connectivity index (χ1) is 10.2. The lowest BCUT2D eigenvalue weighted by atomic mass is 9.87. The Hall–Kier alpha value is -1.80. The van der Waals surface area contributed by atoms with E-state index in [4.69, 9.17) is 0 Å². The second-order valence-corrected chi connectivity index (χ2v) is 6.87. The highest BCUT2D eigenvalue weighted by Gasteiger charge is 2.41. The van der Waals surface area contributed by atoms with Crippen LogP contribution in [0.3, 0.4) is 0 Å². The van der Waals surface area contributed by atoms with Gasteiger partial charge in [-0.05, 0) is 30.7 Å². The first-order valence-electron chi connectivity index (χ1n) is 7.02. The maximum atomic E-state index is 11.0. The van der Waals surface area contributed by atoms with E-state index in [0.29, 0.717) is 10.2 Å². The van der Waals surface area contributed by atoms with Gasteiger partial charge in [0.25, 0.3) is 0 Å². The fourth-order valence-electron chi connectivity index (χ4n) is 3.43. The van der Waals surface area contributed by atoms with Crippen LogP contribution in [0, 0.1) is 15.5 Å². The van der Waals surface area contributed by atoms with Crippen molar-refractivity contribution in [2.24, 2.45) is 5.41 Å². The number of nitrogens with zero attached hydrogens (tertiary/aromatic N) is 4. The van der Waals surface area contributed by atoms with Crippen molar-refractivity contribution in [3.63, 3.8) is 0 Å². The van der Waals surface area contributed by atoms with Crippen molar-refractivity contribution < 1.29 is 4.92 Å². The van der Waals surface area contributed by atoms with Crippen LogP contribution in [-0.2, 0) is 0 Å². The smallest absolute Gasteiger partial charge is 0.326 e. The average Bonchev–Trinajstić information content (AvgIpc) is 3.19. The van der Waals surface area contributed by atoms with Crippen molar-refractivity contribution in [2.45, 2.75) is 12.8 Å². The van der Waals surface area contributed by atoms with E-state index in [1.54, 1.807) is 6.07 Å². The lowest BCUT2D eigenvalue weighted by Gasteiger charge is -2.23. The fourth-order valence-corrected chi connectivity index (χ4v) is 4.24. The Morgan fingerprint density at radius 2 is 2.33 bits per heavy atom. The molecule has 2 fully saturated rings. The minimum absolute atomic E-state index is 0.128. The third-order valence-corrected chi connectivity index (χ3v) is 5.54. The molecule has 2 aliphatic heterocycles. The number of aromatic nitrogens is 2. The zero-order chi connectivity index (χ0) is 14.4. The lowest BCUT2D eigenvalue weighted by Crippen LogP contribution is -2.29. The van der Waals surface area contributed by atoms with Crippen LogP contribution < -0.4 is 10.2 Å². The molecule has 4 heterocycles. The van der Waals surface area contributed by atoms with Gasteiger partial charge in [0.2, 0.25) is 0 Å². The number of hydrogen-bond acceptors (Lipinski definition) is 7. The van der Waals surface area contributed by atoms with Crippen LogP contribution in [0.5, 0.6) is 0 Å². The monoisotopic (exact) mass is 305 g/mol. The quantitative estimate of drug-likeness (QED) is 0.672. The van der Waals surface area contributed by atoms with Crippen molar-refractivity contribution in [3.05, 3.63) is 22.5 Å². The molecule has 21 heavy (non-hydrogen) atoms. The molecule has 0 aromatic carbocycles. The van der Waals surface area contributed by atoms with Gasteiger partial charge in [0.15, 0.2) is 0 Å². The van der Waals surface area contributed by atoms with Gasteiger partial charge in [0.05, 0.1) is 10.3 Å². The molecule has 7 nitrogen and oxygen atoms in total. The summed E-state index contributed by atoms with van der Waals surface area (Å²) in [7, 11) is 0. The third-order valence-electron chi connectivity index (χ3n) is 4.55. The summed E-state index contributed by atoms with van der Waals surface area (Å²) >= 11 is 1.11. The molecule has 1 spiro atoms.